The lowest BCUT2D eigenvalue weighted by Gasteiger charge is -2.16. The Balaban J connectivity index is 1.93. The largest absolute Gasteiger partial charge is 0.453 e. The van der Waals surface area contributed by atoms with Crippen LogP contribution in [-0.2, 0) is 20.9 Å². The summed E-state index contributed by atoms with van der Waals surface area (Å²) in [4.78, 5) is 28.2. The number of carbonyl (C=O) groups excluding carboxylic acids is 2. The lowest BCUT2D eigenvalue weighted by molar-refractivity contribution is -0.150. The first-order chi connectivity index (χ1) is 14.2. The third-order valence-corrected chi connectivity index (χ3v) is 5.28. The van der Waals surface area contributed by atoms with E-state index < -0.39 is 12.1 Å². The minimum Gasteiger partial charge on any atom is -0.453 e. The molecule has 0 saturated heterocycles. The van der Waals surface area contributed by atoms with E-state index in [1.165, 1.54) is 23.6 Å². The SMILES string of the molecule is CC(=O)O[C@H](C)C(=O)Nc1cc(NCc2c(C)cccc2C)c2nc(C)c(C)n2c1. The maximum Gasteiger partial charge on any atom is 0.303 e. The number of aromatic nitrogens is 2. The van der Waals surface area contributed by atoms with Gasteiger partial charge in [-0.2, -0.15) is 0 Å². The minimum atomic E-state index is -0.880. The van der Waals surface area contributed by atoms with E-state index >= 15 is 0 Å². The predicted octanol–water partition coefficient (Wildman–Crippen LogP) is 4.07. The standard InChI is InChI=1S/C23H28N4O3/c1-13-8-7-9-14(2)20(13)11-24-21-10-19(26-23(29)17(5)30-18(6)28)12-27-16(4)15(3)25-22(21)27/h7-10,12,17,24H,11H2,1-6H3,(H,26,29)/t17-/m1/s1. The molecule has 3 aromatic rings. The van der Waals surface area contributed by atoms with E-state index in [-0.39, 0.29) is 5.91 Å². The number of carbonyl (C=O) groups is 2. The Morgan fingerprint density at radius 3 is 2.47 bits per heavy atom. The summed E-state index contributed by atoms with van der Waals surface area (Å²) < 4.78 is 6.93. The van der Waals surface area contributed by atoms with Gasteiger partial charge >= 0.3 is 5.97 Å². The number of aryl methyl sites for hydroxylation is 4. The molecule has 0 spiro atoms. The Kier molecular flexibility index (Phi) is 6.10. The van der Waals surface area contributed by atoms with E-state index in [0.717, 1.165) is 22.7 Å². The van der Waals surface area contributed by atoms with Gasteiger partial charge in [0.15, 0.2) is 11.8 Å². The summed E-state index contributed by atoms with van der Waals surface area (Å²) in [6, 6.07) is 8.09. The molecule has 0 bridgehead atoms. The molecule has 0 aliphatic heterocycles. The number of esters is 1. The van der Waals surface area contributed by atoms with E-state index in [9.17, 15) is 9.59 Å². The number of amides is 1. The van der Waals surface area contributed by atoms with Gasteiger partial charge in [-0.15, -0.1) is 0 Å². The molecule has 0 aliphatic carbocycles. The monoisotopic (exact) mass is 408 g/mol. The third kappa shape index (κ3) is 4.45. The molecule has 2 aromatic heterocycles. The zero-order valence-electron chi connectivity index (χ0n) is 18.3. The number of fused-ring (bicyclic) bond motifs is 1. The number of anilines is 2. The molecule has 7 heteroatoms. The number of ether oxygens (including phenoxy) is 1. The van der Waals surface area contributed by atoms with Crippen molar-refractivity contribution in [3.8, 4) is 0 Å². The van der Waals surface area contributed by atoms with Crippen LogP contribution >= 0.6 is 0 Å². The smallest absolute Gasteiger partial charge is 0.303 e. The summed E-state index contributed by atoms with van der Waals surface area (Å²) in [6.07, 6.45) is 0.947. The Labute approximate surface area is 176 Å². The van der Waals surface area contributed by atoms with Crippen LogP contribution in [0, 0.1) is 27.7 Å². The molecule has 0 saturated carbocycles. The van der Waals surface area contributed by atoms with Gasteiger partial charge in [0.1, 0.15) is 0 Å². The first-order valence-corrected chi connectivity index (χ1v) is 9.93. The second kappa shape index (κ2) is 8.57. The van der Waals surface area contributed by atoms with Gasteiger partial charge in [0.2, 0.25) is 0 Å². The Morgan fingerprint density at radius 1 is 1.17 bits per heavy atom. The van der Waals surface area contributed by atoms with E-state index in [1.54, 1.807) is 6.92 Å². The summed E-state index contributed by atoms with van der Waals surface area (Å²) in [5.74, 6) is -0.884. The molecular formula is C23H28N4O3. The molecule has 3 rings (SSSR count). The van der Waals surface area contributed by atoms with Crippen molar-refractivity contribution in [1.82, 2.24) is 9.38 Å². The first kappa shape index (κ1) is 21.4. The molecule has 1 aromatic carbocycles. The van der Waals surface area contributed by atoms with Gasteiger partial charge in [-0.25, -0.2) is 4.98 Å². The number of rotatable bonds is 6. The Hall–Kier alpha value is -3.35. The van der Waals surface area contributed by atoms with Crippen LogP contribution in [0.3, 0.4) is 0 Å². The number of pyridine rings is 1. The van der Waals surface area contributed by atoms with Gasteiger partial charge in [-0.05, 0) is 57.4 Å². The number of nitrogens with one attached hydrogen (secondary N) is 2. The highest BCUT2D eigenvalue weighted by atomic mass is 16.5. The van der Waals surface area contributed by atoms with Crippen molar-refractivity contribution in [3.63, 3.8) is 0 Å². The summed E-state index contributed by atoms with van der Waals surface area (Å²) in [7, 11) is 0. The molecule has 1 amide bonds. The summed E-state index contributed by atoms with van der Waals surface area (Å²) in [6.45, 7) is 11.6. The minimum absolute atomic E-state index is 0.389. The average molecular weight is 409 g/mol. The van der Waals surface area contributed by atoms with Crippen LogP contribution in [0.25, 0.3) is 5.65 Å². The van der Waals surface area contributed by atoms with Crippen LogP contribution in [-0.4, -0.2) is 27.4 Å². The Bertz CT molecular complexity index is 1100. The highest BCUT2D eigenvalue weighted by Gasteiger charge is 2.18. The first-order valence-electron chi connectivity index (χ1n) is 9.93. The van der Waals surface area contributed by atoms with Crippen LogP contribution in [0.4, 0.5) is 11.4 Å². The highest BCUT2D eigenvalue weighted by molar-refractivity contribution is 5.95. The van der Waals surface area contributed by atoms with Crippen molar-refractivity contribution in [2.24, 2.45) is 0 Å². The molecule has 0 radical (unpaired) electrons. The zero-order chi connectivity index (χ0) is 22.0. The maximum atomic E-state index is 12.4. The van der Waals surface area contributed by atoms with Crippen LogP contribution in [0.5, 0.6) is 0 Å². The van der Waals surface area contributed by atoms with Crippen LogP contribution in [0.1, 0.15) is 41.9 Å². The summed E-state index contributed by atoms with van der Waals surface area (Å²) >= 11 is 0. The molecule has 7 nitrogen and oxygen atoms in total. The molecule has 30 heavy (non-hydrogen) atoms. The van der Waals surface area contributed by atoms with E-state index in [1.807, 2.05) is 36.6 Å². The van der Waals surface area contributed by atoms with Gasteiger partial charge in [-0.3, -0.25) is 9.59 Å². The molecule has 0 unspecified atom stereocenters. The van der Waals surface area contributed by atoms with Crippen LogP contribution < -0.4 is 10.6 Å². The van der Waals surface area contributed by atoms with Crippen molar-refractivity contribution in [2.75, 3.05) is 10.6 Å². The molecular weight excluding hydrogens is 380 g/mol. The topological polar surface area (TPSA) is 84.7 Å². The van der Waals surface area contributed by atoms with Gasteiger partial charge in [0.05, 0.1) is 17.1 Å². The van der Waals surface area contributed by atoms with Crippen molar-refractivity contribution < 1.29 is 14.3 Å². The number of benzene rings is 1. The lowest BCUT2D eigenvalue weighted by atomic mass is 10.0. The molecule has 2 heterocycles. The zero-order valence-corrected chi connectivity index (χ0v) is 18.3. The van der Waals surface area contributed by atoms with E-state index in [0.29, 0.717) is 12.2 Å². The van der Waals surface area contributed by atoms with E-state index in [4.69, 9.17) is 4.74 Å². The third-order valence-electron chi connectivity index (χ3n) is 5.28. The number of hydrogen-bond donors (Lipinski definition) is 2. The normalized spacial score (nSPS) is 11.9. The van der Waals surface area contributed by atoms with Gasteiger partial charge in [0, 0.05) is 25.4 Å². The fraction of sp³-hybridized carbons (Fsp3) is 0.348. The van der Waals surface area contributed by atoms with Crippen molar-refractivity contribution >= 4 is 28.9 Å². The maximum absolute atomic E-state index is 12.4. The van der Waals surface area contributed by atoms with Gasteiger partial charge in [0.25, 0.3) is 5.91 Å². The molecule has 0 aliphatic rings. The number of imidazole rings is 1. The van der Waals surface area contributed by atoms with Crippen molar-refractivity contribution in [2.45, 2.75) is 54.2 Å². The summed E-state index contributed by atoms with van der Waals surface area (Å²) in [5.41, 5.74) is 7.77. The average Bonchev–Trinajstić information content (AvgIpc) is 2.95. The second-order valence-corrected chi connectivity index (χ2v) is 7.58. The predicted molar refractivity (Wildman–Crippen MR) is 118 cm³/mol. The fourth-order valence-electron chi connectivity index (χ4n) is 3.43. The Morgan fingerprint density at radius 2 is 1.83 bits per heavy atom. The van der Waals surface area contributed by atoms with Crippen molar-refractivity contribution in [1.29, 1.82) is 0 Å². The second-order valence-electron chi connectivity index (χ2n) is 7.58. The molecule has 158 valence electrons. The number of nitrogens with zero attached hydrogens (tertiary/aromatic N) is 2. The summed E-state index contributed by atoms with van der Waals surface area (Å²) in [5, 5.41) is 6.31. The lowest BCUT2D eigenvalue weighted by Crippen LogP contribution is -2.29. The van der Waals surface area contributed by atoms with Gasteiger partial charge < -0.3 is 19.8 Å². The van der Waals surface area contributed by atoms with Gasteiger partial charge in [-0.1, -0.05) is 18.2 Å². The molecule has 2 N–H and O–H groups in total. The van der Waals surface area contributed by atoms with Crippen LogP contribution in [0.2, 0.25) is 0 Å². The highest BCUT2D eigenvalue weighted by Crippen LogP contribution is 2.26. The fourth-order valence-corrected chi connectivity index (χ4v) is 3.43. The van der Waals surface area contributed by atoms with Crippen LogP contribution in [0.15, 0.2) is 30.5 Å². The quantitative estimate of drug-likeness (QED) is 0.601. The van der Waals surface area contributed by atoms with Crippen molar-refractivity contribution in [3.05, 3.63) is 58.5 Å². The number of hydrogen-bond acceptors (Lipinski definition) is 5. The molecule has 0 fully saturated rings. The van der Waals surface area contributed by atoms with E-state index in [2.05, 4.69) is 41.6 Å². The molecule has 1 atom stereocenters.